The normalized spacial score (nSPS) is 16.0. The highest BCUT2D eigenvalue weighted by molar-refractivity contribution is 7.89. The number of piperidine rings is 1. The van der Waals surface area contributed by atoms with Gasteiger partial charge in [0.05, 0.1) is 0 Å². The molecular formula is C20H21ClF2N2O3S. The Bertz CT molecular complexity index is 988. The molecule has 0 radical (unpaired) electrons. The van der Waals surface area contributed by atoms with Crippen molar-refractivity contribution in [1.82, 2.24) is 9.21 Å². The van der Waals surface area contributed by atoms with Crippen molar-refractivity contribution in [2.45, 2.75) is 24.3 Å². The molecule has 0 atom stereocenters. The first-order valence-corrected chi connectivity index (χ1v) is 11.0. The fourth-order valence-corrected chi connectivity index (χ4v) is 5.20. The molecule has 1 aliphatic heterocycles. The third-order valence-corrected chi connectivity index (χ3v) is 7.38. The molecule has 1 heterocycles. The Kier molecular flexibility index (Phi) is 6.55. The van der Waals surface area contributed by atoms with Crippen LogP contribution in [0.1, 0.15) is 18.4 Å². The molecule has 156 valence electrons. The lowest BCUT2D eigenvalue weighted by atomic mass is 9.96. The summed E-state index contributed by atoms with van der Waals surface area (Å²) >= 11 is 6.02. The molecule has 2 aromatic carbocycles. The van der Waals surface area contributed by atoms with E-state index in [1.54, 1.807) is 13.1 Å². The van der Waals surface area contributed by atoms with Crippen LogP contribution in [-0.2, 0) is 21.4 Å². The number of nitrogens with zero attached hydrogens (tertiary/aromatic N) is 2. The minimum Gasteiger partial charge on any atom is -0.341 e. The molecule has 0 saturated carbocycles. The Hall–Kier alpha value is -2.03. The number of sulfonamides is 1. The number of hydrogen-bond donors (Lipinski definition) is 0. The number of amides is 1. The summed E-state index contributed by atoms with van der Waals surface area (Å²) in [6.07, 6.45) is 0.615. The summed E-state index contributed by atoms with van der Waals surface area (Å²) in [7, 11) is -2.39. The number of halogens is 3. The third kappa shape index (κ3) is 4.60. The van der Waals surface area contributed by atoms with Crippen molar-refractivity contribution in [3.8, 4) is 0 Å². The molecule has 0 unspecified atom stereocenters. The molecule has 1 saturated heterocycles. The topological polar surface area (TPSA) is 57.7 Å². The van der Waals surface area contributed by atoms with Crippen LogP contribution >= 0.6 is 11.6 Å². The van der Waals surface area contributed by atoms with E-state index < -0.39 is 27.6 Å². The Labute approximate surface area is 173 Å². The number of rotatable bonds is 5. The van der Waals surface area contributed by atoms with E-state index in [1.165, 1.54) is 39.5 Å². The third-order valence-electron chi connectivity index (χ3n) is 5.09. The summed E-state index contributed by atoms with van der Waals surface area (Å²) in [6, 6.07) is 9.57. The lowest BCUT2D eigenvalue weighted by Crippen LogP contribution is -2.43. The second-order valence-electron chi connectivity index (χ2n) is 7.00. The average Bonchev–Trinajstić information content (AvgIpc) is 2.70. The standard InChI is InChI=1S/C20H21ClF2N2O3S/c1-24(13-15-16(21)5-4-7-17(15)22)20(26)14-9-11-25(12-10-14)29(27,28)19-8-3-2-6-18(19)23/h2-8,14H,9-13H2,1H3. The van der Waals surface area contributed by atoms with Crippen LogP contribution in [0, 0.1) is 17.6 Å². The first-order valence-electron chi connectivity index (χ1n) is 9.14. The SMILES string of the molecule is CN(Cc1c(F)cccc1Cl)C(=O)C1CCN(S(=O)(=O)c2ccccc2F)CC1. The maximum atomic E-state index is 14.0. The second kappa shape index (κ2) is 8.77. The predicted octanol–water partition coefficient (Wildman–Crippen LogP) is 3.68. The maximum Gasteiger partial charge on any atom is 0.245 e. The number of benzene rings is 2. The van der Waals surface area contributed by atoms with Crippen molar-refractivity contribution >= 4 is 27.5 Å². The van der Waals surface area contributed by atoms with Crippen molar-refractivity contribution < 1.29 is 22.0 Å². The van der Waals surface area contributed by atoms with Crippen LogP contribution in [0.4, 0.5) is 8.78 Å². The van der Waals surface area contributed by atoms with Crippen LogP contribution < -0.4 is 0 Å². The number of hydrogen-bond acceptors (Lipinski definition) is 3. The van der Waals surface area contributed by atoms with Gasteiger partial charge in [0.2, 0.25) is 15.9 Å². The van der Waals surface area contributed by atoms with Gasteiger partial charge in [0.1, 0.15) is 16.5 Å². The molecule has 5 nitrogen and oxygen atoms in total. The molecule has 0 spiro atoms. The van der Waals surface area contributed by atoms with Crippen molar-refractivity contribution in [2.75, 3.05) is 20.1 Å². The Balaban J connectivity index is 1.64. The van der Waals surface area contributed by atoms with Crippen molar-refractivity contribution in [2.24, 2.45) is 5.92 Å². The van der Waals surface area contributed by atoms with E-state index in [9.17, 15) is 22.0 Å². The van der Waals surface area contributed by atoms with Crippen molar-refractivity contribution in [1.29, 1.82) is 0 Å². The van der Waals surface area contributed by atoms with E-state index in [0.717, 1.165) is 6.07 Å². The predicted molar refractivity (Wildman–Crippen MR) is 106 cm³/mol. The van der Waals surface area contributed by atoms with E-state index in [2.05, 4.69) is 0 Å². The fourth-order valence-electron chi connectivity index (χ4n) is 3.45. The Morgan fingerprint density at radius 3 is 2.34 bits per heavy atom. The van der Waals surface area contributed by atoms with Gasteiger partial charge >= 0.3 is 0 Å². The molecule has 1 aliphatic rings. The Morgan fingerprint density at radius 1 is 1.10 bits per heavy atom. The fraction of sp³-hybridized carbons (Fsp3) is 0.350. The zero-order chi connectivity index (χ0) is 21.2. The van der Waals surface area contributed by atoms with E-state index in [0.29, 0.717) is 12.8 Å². The van der Waals surface area contributed by atoms with Gasteiger partial charge in [0, 0.05) is 43.2 Å². The summed E-state index contributed by atoms with van der Waals surface area (Å²) in [5.74, 6) is -1.87. The smallest absolute Gasteiger partial charge is 0.245 e. The first kappa shape index (κ1) is 21.7. The molecule has 1 fully saturated rings. The number of carbonyl (C=O) groups is 1. The van der Waals surface area contributed by atoms with Gasteiger partial charge in [0.15, 0.2) is 0 Å². The van der Waals surface area contributed by atoms with Crippen LogP contribution in [0.5, 0.6) is 0 Å². The Morgan fingerprint density at radius 2 is 1.72 bits per heavy atom. The van der Waals surface area contributed by atoms with Crippen LogP contribution in [0.25, 0.3) is 0 Å². The molecule has 29 heavy (non-hydrogen) atoms. The highest BCUT2D eigenvalue weighted by Crippen LogP contribution is 2.27. The highest BCUT2D eigenvalue weighted by Gasteiger charge is 2.34. The second-order valence-corrected chi connectivity index (χ2v) is 9.32. The molecular weight excluding hydrogens is 422 g/mol. The minimum absolute atomic E-state index is 0.0259. The van der Waals surface area contributed by atoms with Crippen LogP contribution in [0.3, 0.4) is 0 Å². The van der Waals surface area contributed by atoms with Gasteiger partial charge in [-0.05, 0) is 37.1 Å². The van der Waals surface area contributed by atoms with E-state index in [4.69, 9.17) is 11.6 Å². The van der Waals surface area contributed by atoms with E-state index in [1.807, 2.05) is 0 Å². The number of carbonyl (C=O) groups excluding carboxylic acids is 1. The quantitative estimate of drug-likeness (QED) is 0.709. The maximum absolute atomic E-state index is 14.0. The van der Waals surface area contributed by atoms with Gasteiger partial charge in [-0.2, -0.15) is 4.31 Å². The molecule has 3 rings (SSSR count). The summed E-state index contributed by atoms with van der Waals surface area (Å²) in [5.41, 5.74) is 0.240. The van der Waals surface area contributed by atoms with Gasteiger partial charge in [-0.1, -0.05) is 29.8 Å². The summed E-state index contributed by atoms with van der Waals surface area (Å²) in [5, 5.41) is 0.246. The summed E-state index contributed by atoms with van der Waals surface area (Å²) in [6.45, 7) is 0.251. The molecule has 0 bridgehead atoms. The lowest BCUT2D eigenvalue weighted by Gasteiger charge is -2.32. The van der Waals surface area contributed by atoms with Crippen molar-refractivity contribution in [3.05, 3.63) is 64.7 Å². The zero-order valence-electron chi connectivity index (χ0n) is 15.8. The monoisotopic (exact) mass is 442 g/mol. The first-order chi connectivity index (χ1) is 13.7. The molecule has 0 N–H and O–H groups in total. The van der Waals surface area contributed by atoms with Crippen LogP contribution in [0.2, 0.25) is 5.02 Å². The summed E-state index contributed by atoms with van der Waals surface area (Å²) in [4.78, 5) is 13.8. The molecule has 0 aromatic heterocycles. The van der Waals surface area contributed by atoms with E-state index >= 15 is 0 Å². The highest BCUT2D eigenvalue weighted by atomic mass is 35.5. The van der Waals surface area contributed by atoms with Gasteiger partial charge < -0.3 is 4.90 Å². The lowest BCUT2D eigenvalue weighted by molar-refractivity contribution is -0.136. The average molecular weight is 443 g/mol. The van der Waals surface area contributed by atoms with Crippen LogP contribution in [-0.4, -0.2) is 43.7 Å². The largest absolute Gasteiger partial charge is 0.341 e. The molecule has 2 aromatic rings. The zero-order valence-corrected chi connectivity index (χ0v) is 17.4. The van der Waals surface area contributed by atoms with Gasteiger partial charge in [-0.15, -0.1) is 0 Å². The van der Waals surface area contributed by atoms with E-state index in [-0.39, 0.29) is 41.0 Å². The molecule has 0 aliphatic carbocycles. The van der Waals surface area contributed by atoms with Gasteiger partial charge in [-0.25, -0.2) is 17.2 Å². The van der Waals surface area contributed by atoms with Gasteiger partial charge in [-0.3, -0.25) is 4.79 Å². The van der Waals surface area contributed by atoms with Gasteiger partial charge in [0.25, 0.3) is 0 Å². The summed E-state index contributed by atoms with van der Waals surface area (Å²) < 4.78 is 54.4. The van der Waals surface area contributed by atoms with Crippen LogP contribution in [0.15, 0.2) is 47.4 Å². The van der Waals surface area contributed by atoms with Crippen molar-refractivity contribution in [3.63, 3.8) is 0 Å². The molecule has 1 amide bonds. The minimum atomic E-state index is -3.96. The molecule has 9 heteroatoms.